The zero-order chi connectivity index (χ0) is 15.1. The summed E-state index contributed by atoms with van der Waals surface area (Å²) in [6, 6.07) is 6.74. The van der Waals surface area contributed by atoms with Crippen LogP contribution in [0, 0.1) is 6.92 Å². The SMILES string of the molecule is CCCNC(CC1CCCCO1)c1cc(C)ccc1OC. The second-order valence-electron chi connectivity index (χ2n) is 5.98. The van der Waals surface area contributed by atoms with Crippen LogP contribution in [0.25, 0.3) is 0 Å². The highest BCUT2D eigenvalue weighted by Gasteiger charge is 2.22. The Bertz CT molecular complexity index is 427. The minimum absolute atomic E-state index is 0.308. The summed E-state index contributed by atoms with van der Waals surface area (Å²) >= 11 is 0. The van der Waals surface area contributed by atoms with Crippen molar-refractivity contribution in [2.75, 3.05) is 20.3 Å². The summed E-state index contributed by atoms with van der Waals surface area (Å²) in [6.45, 7) is 6.27. The number of rotatable bonds is 7. The van der Waals surface area contributed by atoms with E-state index in [1.807, 2.05) is 0 Å². The van der Waals surface area contributed by atoms with Gasteiger partial charge in [-0.1, -0.05) is 24.6 Å². The van der Waals surface area contributed by atoms with Gasteiger partial charge in [-0.2, -0.15) is 0 Å². The average molecular weight is 291 g/mol. The second kappa shape index (κ2) is 8.40. The minimum Gasteiger partial charge on any atom is -0.496 e. The van der Waals surface area contributed by atoms with Crippen molar-refractivity contribution >= 4 is 0 Å². The van der Waals surface area contributed by atoms with Crippen molar-refractivity contribution in [2.45, 2.75) is 58.1 Å². The van der Waals surface area contributed by atoms with Crippen LogP contribution in [0.4, 0.5) is 0 Å². The molecule has 1 saturated heterocycles. The van der Waals surface area contributed by atoms with Gasteiger partial charge in [0.15, 0.2) is 0 Å². The van der Waals surface area contributed by atoms with Crippen LogP contribution in [0.15, 0.2) is 18.2 Å². The van der Waals surface area contributed by atoms with E-state index in [4.69, 9.17) is 9.47 Å². The normalized spacial score (nSPS) is 20.2. The molecular weight excluding hydrogens is 262 g/mol. The van der Waals surface area contributed by atoms with E-state index >= 15 is 0 Å². The molecule has 2 unspecified atom stereocenters. The van der Waals surface area contributed by atoms with Crippen molar-refractivity contribution in [3.8, 4) is 5.75 Å². The first-order valence-corrected chi connectivity index (χ1v) is 8.24. The summed E-state index contributed by atoms with van der Waals surface area (Å²) in [4.78, 5) is 0. The lowest BCUT2D eigenvalue weighted by Crippen LogP contribution is -2.29. The van der Waals surface area contributed by atoms with Gasteiger partial charge in [0.2, 0.25) is 0 Å². The summed E-state index contributed by atoms with van der Waals surface area (Å²) in [7, 11) is 1.75. The van der Waals surface area contributed by atoms with Crippen molar-refractivity contribution in [3.63, 3.8) is 0 Å². The standard InChI is InChI=1S/C18H29NO2/c1-4-10-19-17(13-15-7-5-6-11-21-15)16-12-14(2)8-9-18(16)20-3/h8-9,12,15,17,19H,4-7,10-11,13H2,1-3H3. The Hall–Kier alpha value is -1.06. The summed E-state index contributed by atoms with van der Waals surface area (Å²) < 4.78 is 11.5. The van der Waals surface area contributed by atoms with Gasteiger partial charge in [0.1, 0.15) is 5.75 Å². The van der Waals surface area contributed by atoms with Gasteiger partial charge in [-0.3, -0.25) is 0 Å². The fraction of sp³-hybridized carbons (Fsp3) is 0.667. The number of hydrogen-bond acceptors (Lipinski definition) is 3. The fourth-order valence-corrected chi connectivity index (χ4v) is 3.02. The molecule has 1 heterocycles. The van der Waals surface area contributed by atoms with Gasteiger partial charge >= 0.3 is 0 Å². The van der Waals surface area contributed by atoms with Gasteiger partial charge in [0.05, 0.1) is 13.2 Å². The molecule has 1 aliphatic rings. The molecule has 0 spiro atoms. The summed E-state index contributed by atoms with van der Waals surface area (Å²) in [6.07, 6.45) is 6.21. The van der Waals surface area contributed by atoms with Crippen molar-refractivity contribution in [1.82, 2.24) is 5.32 Å². The van der Waals surface area contributed by atoms with Gasteiger partial charge < -0.3 is 14.8 Å². The van der Waals surface area contributed by atoms with E-state index < -0.39 is 0 Å². The third-order valence-corrected chi connectivity index (χ3v) is 4.17. The molecule has 0 bridgehead atoms. The zero-order valence-corrected chi connectivity index (χ0v) is 13.7. The van der Waals surface area contributed by atoms with Crippen LogP contribution in [-0.4, -0.2) is 26.4 Å². The molecule has 1 aromatic rings. The molecule has 0 amide bonds. The van der Waals surface area contributed by atoms with E-state index in [-0.39, 0.29) is 0 Å². The highest BCUT2D eigenvalue weighted by molar-refractivity contribution is 5.39. The first-order chi connectivity index (χ1) is 10.2. The van der Waals surface area contributed by atoms with Crippen molar-refractivity contribution in [1.29, 1.82) is 0 Å². The molecule has 1 N–H and O–H groups in total. The highest BCUT2D eigenvalue weighted by atomic mass is 16.5. The number of nitrogens with one attached hydrogen (secondary N) is 1. The molecule has 0 aliphatic carbocycles. The Labute approximate surface area is 129 Å². The molecule has 1 aliphatic heterocycles. The van der Waals surface area contributed by atoms with Crippen molar-refractivity contribution < 1.29 is 9.47 Å². The number of hydrogen-bond donors (Lipinski definition) is 1. The van der Waals surface area contributed by atoms with E-state index in [1.54, 1.807) is 7.11 Å². The quantitative estimate of drug-likeness (QED) is 0.823. The Morgan fingerprint density at radius 1 is 1.38 bits per heavy atom. The Morgan fingerprint density at radius 2 is 2.24 bits per heavy atom. The first kappa shape index (κ1) is 16.3. The van der Waals surface area contributed by atoms with Crippen LogP contribution in [0.5, 0.6) is 5.75 Å². The minimum atomic E-state index is 0.308. The molecule has 0 radical (unpaired) electrons. The molecule has 1 fully saturated rings. The van der Waals surface area contributed by atoms with Crippen LogP contribution in [0.1, 0.15) is 56.2 Å². The molecule has 3 nitrogen and oxygen atoms in total. The molecule has 2 rings (SSSR count). The van der Waals surface area contributed by atoms with Crippen LogP contribution < -0.4 is 10.1 Å². The van der Waals surface area contributed by atoms with Crippen LogP contribution in [-0.2, 0) is 4.74 Å². The third kappa shape index (κ3) is 4.72. The van der Waals surface area contributed by atoms with Crippen molar-refractivity contribution in [2.24, 2.45) is 0 Å². The first-order valence-electron chi connectivity index (χ1n) is 8.24. The number of ether oxygens (including phenoxy) is 2. The monoisotopic (exact) mass is 291 g/mol. The number of benzene rings is 1. The number of methoxy groups -OCH3 is 1. The van der Waals surface area contributed by atoms with Gasteiger partial charge in [-0.05, 0) is 51.6 Å². The lowest BCUT2D eigenvalue weighted by atomic mass is 9.95. The summed E-state index contributed by atoms with van der Waals surface area (Å²) in [5.41, 5.74) is 2.54. The third-order valence-electron chi connectivity index (χ3n) is 4.17. The van der Waals surface area contributed by atoms with Crippen LogP contribution in [0.2, 0.25) is 0 Å². The second-order valence-corrected chi connectivity index (χ2v) is 5.98. The predicted molar refractivity (Wildman–Crippen MR) is 87.0 cm³/mol. The largest absolute Gasteiger partial charge is 0.496 e. The Morgan fingerprint density at radius 3 is 2.90 bits per heavy atom. The van der Waals surface area contributed by atoms with Crippen molar-refractivity contribution in [3.05, 3.63) is 29.3 Å². The summed E-state index contributed by atoms with van der Waals surface area (Å²) in [5.74, 6) is 0.977. The molecule has 2 atom stereocenters. The maximum absolute atomic E-state index is 5.93. The average Bonchev–Trinajstić information content (AvgIpc) is 2.52. The van der Waals surface area contributed by atoms with E-state index in [0.717, 1.165) is 31.7 Å². The molecule has 1 aromatic carbocycles. The van der Waals surface area contributed by atoms with Gasteiger partial charge in [-0.15, -0.1) is 0 Å². The lowest BCUT2D eigenvalue weighted by Gasteiger charge is -2.29. The topological polar surface area (TPSA) is 30.5 Å². The fourth-order valence-electron chi connectivity index (χ4n) is 3.02. The highest BCUT2D eigenvalue weighted by Crippen LogP contribution is 2.31. The van der Waals surface area contributed by atoms with Gasteiger partial charge in [-0.25, -0.2) is 0 Å². The Kier molecular flexibility index (Phi) is 6.52. The van der Waals surface area contributed by atoms with Gasteiger partial charge in [0, 0.05) is 18.2 Å². The van der Waals surface area contributed by atoms with E-state index in [0.29, 0.717) is 12.1 Å². The predicted octanol–water partition coefficient (Wildman–Crippen LogP) is 4.00. The van der Waals surface area contributed by atoms with E-state index in [2.05, 4.69) is 37.4 Å². The molecular formula is C18H29NO2. The molecule has 0 aromatic heterocycles. The van der Waals surface area contributed by atoms with Crippen LogP contribution >= 0.6 is 0 Å². The molecule has 21 heavy (non-hydrogen) atoms. The lowest BCUT2D eigenvalue weighted by molar-refractivity contribution is 0.00492. The van der Waals surface area contributed by atoms with E-state index in [1.165, 1.54) is 30.4 Å². The molecule has 0 saturated carbocycles. The smallest absolute Gasteiger partial charge is 0.123 e. The molecule has 118 valence electrons. The Balaban J connectivity index is 2.15. The maximum atomic E-state index is 5.93. The van der Waals surface area contributed by atoms with E-state index in [9.17, 15) is 0 Å². The van der Waals surface area contributed by atoms with Crippen LogP contribution in [0.3, 0.4) is 0 Å². The summed E-state index contributed by atoms with van der Waals surface area (Å²) in [5, 5.41) is 3.67. The zero-order valence-electron chi connectivity index (χ0n) is 13.7. The number of aryl methyl sites for hydroxylation is 1. The van der Waals surface area contributed by atoms with Gasteiger partial charge in [0.25, 0.3) is 0 Å². The maximum Gasteiger partial charge on any atom is 0.123 e. The molecule has 3 heteroatoms.